The number of amides is 1. The Morgan fingerprint density at radius 2 is 2.10 bits per heavy atom. The van der Waals surface area contributed by atoms with Crippen LogP contribution in [0.2, 0.25) is 10.0 Å². The Hall–Kier alpha value is -0.420. The van der Waals surface area contributed by atoms with Gasteiger partial charge >= 0.3 is 0 Å². The first-order valence-electron chi connectivity index (χ1n) is 6.50. The standard InChI is InChI=1S/C14H18Cl2N2OS/c1-17(2)6-3-7-18-13(19)9-20-14(18)10-4-5-11(15)12(16)8-10/h4-5,8,14H,3,6-7,9H2,1-2H3/t14-/m0/s1. The molecule has 20 heavy (non-hydrogen) atoms. The van der Waals surface area contributed by atoms with Crippen molar-refractivity contribution in [2.75, 3.05) is 32.9 Å². The number of hydrogen-bond acceptors (Lipinski definition) is 3. The lowest BCUT2D eigenvalue weighted by atomic mass is 10.2. The van der Waals surface area contributed by atoms with E-state index >= 15 is 0 Å². The van der Waals surface area contributed by atoms with Gasteiger partial charge in [-0.2, -0.15) is 0 Å². The van der Waals surface area contributed by atoms with Crippen molar-refractivity contribution in [1.82, 2.24) is 9.80 Å². The van der Waals surface area contributed by atoms with E-state index < -0.39 is 0 Å². The van der Waals surface area contributed by atoms with Crippen LogP contribution in [0.15, 0.2) is 18.2 Å². The fourth-order valence-corrected chi connectivity index (χ4v) is 3.71. The molecule has 1 aliphatic rings. The van der Waals surface area contributed by atoms with Gasteiger partial charge < -0.3 is 9.80 Å². The third-order valence-electron chi connectivity index (χ3n) is 3.20. The molecule has 1 aromatic rings. The Balaban J connectivity index is 2.08. The molecule has 0 bridgehead atoms. The number of nitrogens with zero attached hydrogens (tertiary/aromatic N) is 2. The van der Waals surface area contributed by atoms with E-state index in [1.165, 1.54) is 0 Å². The molecular formula is C14H18Cl2N2OS. The van der Waals surface area contributed by atoms with Gasteiger partial charge in [0.1, 0.15) is 5.37 Å². The highest BCUT2D eigenvalue weighted by atomic mass is 35.5. The van der Waals surface area contributed by atoms with Crippen LogP contribution >= 0.6 is 35.0 Å². The summed E-state index contributed by atoms with van der Waals surface area (Å²) in [5, 5.41) is 1.14. The van der Waals surface area contributed by atoms with E-state index in [1.54, 1.807) is 17.8 Å². The summed E-state index contributed by atoms with van der Waals surface area (Å²) in [6.07, 6.45) is 0.969. The fourth-order valence-electron chi connectivity index (χ4n) is 2.20. The van der Waals surface area contributed by atoms with E-state index in [-0.39, 0.29) is 11.3 Å². The second kappa shape index (κ2) is 7.03. The lowest BCUT2D eigenvalue weighted by molar-refractivity contribution is -0.128. The zero-order valence-corrected chi connectivity index (χ0v) is 13.9. The van der Waals surface area contributed by atoms with Gasteiger partial charge in [0.05, 0.1) is 15.8 Å². The van der Waals surface area contributed by atoms with E-state index in [0.29, 0.717) is 15.8 Å². The van der Waals surface area contributed by atoms with Crippen molar-refractivity contribution in [3.05, 3.63) is 33.8 Å². The smallest absolute Gasteiger partial charge is 0.233 e. The normalized spacial score (nSPS) is 19.1. The van der Waals surface area contributed by atoms with E-state index in [4.69, 9.17) is 23.2 Å². The molecule has 2 rings (SSSR count). The molecule has 1 aromatic carbocycles. The molecule has 1 fully saturated rings. The molecule has 1 heterocycles. The Kier molecular flexibility index (Phi) is 5.61. The number of carbonyl (C=O) groups is 1. The predicted octanol–water partition coefficient (Wildman–Crippen LogP) is 3.52. The lowest BCUT2D eigenvalue weighted by Gasteiger charge is -2.25. The van der Waals surface area contributed by atoms with Gasteiger partial charge in [0.2, 0.25) is 5.91 Å². The first kappa shape index (κ1) is 16.0. The molecule has 3 nitrogen and oxygen atoms in total. The second-order valence-electron chi connectivity index (χ2n) is 5.08. The molecule has 0 N–H and O–H groups in total. The maximum absolute atomic E-state index is 12.0. The number of hydrogen-bond donors (Lipinski definition) is 0. The van der Waals surface area contributed by atoms with Crippen LogP contribution in [-0.4, -0.2) is 48.6 Å². The maximum atomic E-state index is 12.0. The van der Waals surface area contributed by atoms with Crippen LogP contribution in [0, 0.1) is 0 Å². The highest BCUT2D eigenvalue weighted by Crippen LogP contribution is 2.40. The van der Waals surface area contributed by atoms with Crippen molar-refractivity contribution in [2.45, 2.75) is 11.8 Å². The summed E-state index contributed by atoms with van der Waals surface area (Å²) >= 11 is 13.7. The Morgan fingerprint density at radius 1 is 1.35 bits per heavy atom. The summed E-state index contributed by atoms with van der Waals surface area (Å²) in [5.74, 6) is 0.734. The molecule has 1 aliphatic heterocycles. The van der Waals surface area contributed by atoms with E-state index in [2.05, 4.69) is 4.90 Å². The number of thioether (sulfide) groups is 1. The minimum absolute atomic E-state index is 0.0550. The molecule has 0 spiro atoms. The lowest BCUT2D eigenvalue weighted by Crippen LogP contribution is -2.31. The van der Waals surface area contributed by atoms with Gasteiger partial charge in [0.25, 0.3) is 0 Å². The van der Waals surface area contributed by atoms with Crippen molar-refractivity contribution >= 4 is 40.9 Å². The number of carbonyl (C=O) groups excluding carboxylic acids is 1. The molecule has 110 valence electrons. The van der Waals surface area contributed by atoms with Gasteiger partial charge in [-0.1, -0.05) is 29.3 Å². The average molecular weight is 333 g/mol. The largest absolute Gasteiger partial charge is 0.326 e. The first-order chi connectivity index (χ1) is 9.49. The molecule has 6 heteroatoms. The summed E-state index contributed by atoms with van der Waals surface area (Å²) in [6, 6.07) is 5.60. The molecule has 1 amide bonds. The van der Waals surface area contributed by atoms with Crippen molar-refractivity contribution in [3.63, 3.8) is 0 Å². The maximum Gasteiger partial charge on any atom is 0.233 e. The van der Waals surface area contributed by atoms with Gasteiger partial charge in [0.15, 0.2) is 0 Å². The number of halogens is 2. The zero-order chi connectivity index (χ0) is 14.7. The van der Waals surface area contributed by atoms with Crippen molar-refractivity contribution in [3.8, 4) is 0 Å². The van der Waals surface area contributed by atoms with E-state index in [9.17, 15) is 4.79 Å². The highest BCUT2D eigenvalue weighted by molar-refractivity contribution is 8.00. The van der Waals surface area contributed by atoms with Gasteiger partial charge in [-0.3, -0.25) is 4.79 Å². The van der Waals surface area contributed by atoms with Gasteiger partial charge in [0, 0.05) is 6.54 Å². The molecule has 1 atom stereocenters. The van der Waals surface area contributed by atoms with Crippen LogP contribution in [0.5, 0.6) is 0 Å². The fraction of sp³-hybridized carbons (Fsp3) is 0.500. The minimum Gasteiger partial charge on any atom is -0.326 e. The van der Waals surface area contributed by atoms with Crippen LogP contribution in [-0.2, 0) is 4.79 Å². The quantitative estimate of drug-likeness (QED) is 0.824. The minimum atomic E-state index is 0.0550. The summed E-state index contributed by atoms with van der Waals surface area (Å²) in [7, 11) is 4.08. The third kappa shape index (κ3) is 3.82. The zero-order valence-electron chi connectivity index (χ0n) is 11.6. The molecule has 0 aliphatic carbocycles. The third-order valence-corrected chi connectivity index (χ3v) is 5.20. The molecular weight excluding hydrogens is 315 g/mol. The van der Waals surface area contributed by atoms with Gasteiger partial charge in [-0.25, -0.2) is 0 Å². The Morgan fingerprint density at radius 3 is 2.75 bits per heavy atom. The van der Waals surface area contributed by atoms with E-state index in [0.717, 1.165) is 25.1 Å². The highest BCUT2D eigenvalue weighted by Gasteiger charge is 2.32. The van der Waals surface area contributed by atoms with Crippen LogP contribution < -0.4 is 0 Å². The molecule has 0 unspecified atom stereocenters. The Bertz CT molecular complexity index is 496. The molecule has 0 saturated carbocycles. The van der Waals surface area contributed by atoms with Gasteiger partial charge in [-0.05, 0) is 44.8 Å². The average Bonchev–Trinajstić information content (AvgIpc) is 2.74. The van der Waals surface area contributed by atoms with Crippen molar-refractivity contribution in [2.24, 2.45) is 0 Å². The first-order valence-corrected chi connectivity index (χ1v) is 8.30. The summed E-state index contributed by atoms with van der Waals surface area (Å²) in [5.41, 5.74) is 1.04. The van der Waals surface area contributed by atoms with E-state index in [1.807, 2.05) is 31.1 Å². The summed E-state index contributed by atoms with van der Waals surface area (Å²) in [6.45, 7) is 1.75. The van der Waals surface area contributed by atoms with Gasteiger partial charge in [-0.15, -0.1) is 11.8 Å². The number of rotatable bonds is 5. The Labute approximate surface area is 134 Å². The van der Waals surface area contributed by atoms with Crippen LogP contribution in [0.25, 0.3) is 0 Å². The topological polar surface area (TPSA) is 23.6 Å². The molecule has 0 aromatic heterocycles. The summed E-state index contributed by atoms with van der Waals surface area (Å²) in [4.78, 5) is 16.1. The number of benzene rings is 1. The SMILES string of the molecule is CN(C)CCCN1C(=O)CS[C@H]1c1ccc(Cl)c(Cl)c1. The molecule has 0 radical (unpaired) electrons. The predicted molar refractivity (Wildman–Crippen MR) is 86.5 cm³/mol. The van der Waals surface area contributed by atoms with Crippen LogP contribution in [0.1, 0.15) is 17.4 Å². The van der Waals surface area contributed by atoms with Crippen LogP contribution in [0.4, 0.5) is 0 Å². The summed E-state index contributed by atoms with van der Waals surface area (Å²) < 4.78 is 0. The van der Waals surface area contributed by atoms with Crippen molar-refractivity contribution < 1.29 is 4.79 Å². The second-order valence-corrected chi connectivity index (χ2v) is 6.96. The monoisotopic (exact) mass is 332 g/mol. The van der Waals surface area contributed by atoms with Crippen molar-refractivity contribution in [1.29, 1.82) is 0 Å². The molecule has 1 saturated heterocycles. The van der Waals surface area contributed by atoms with Crippen LogP contribution in [0.3, 0.4) is 0 Å².